The molecule has 0 spiro atoms. The van der Waals surface area contributed by atoms with Gasteiger partial charge in [-0.25, -0.2) is 0 Å². The van der Waals surface area contributed by atoms with Gasteiger partial charge in [-0.05, 0) is 47.9 Å². The van der Waals surface area contributed by atoms with E-state index in [0.29, 0.717) is 23.7 Å². The lowest BCUT2D eigenvalue weighted by Gasteiger charge is -2.25. The minimum Gasteiger partial charge on any atom is -0.383 e. The molecule has 0 fully saturated rings. The van der Waals surface area contributed by atoms with Gasteiger partial charge < -0.3 is 9.08 Å². The fourth-order valence-electron chi connectivity index (χ4n) is 2.53. The fraction of sp³-hybridized carbons (Fsp3) is 0.316. The summed E-state index contributed by atoms with van der Waals surface area (Å²) < 4.78 is 27.5. The summed E-state index contributed by atoms with van der Waals surface area (Å²) >= 11 is 5.89. The van der Waals surface area contributed by atoms with Crippen molar-refractivity contribution in [2.24, 2.45) is 5.92 Å². The van der Waals surface area contributed by atoms with Gasteiger partial charge in [-0.3, -0.25) is 4.79 Å². The van der Waals surface area contributed by atoms with Crippen LogP contribution in [0.2, 0.25) is 5.02 Å². The van der Waals surface area contributed by atoms with Gasteiger partial charge in [0.05, 0.1) is 6.26 Å². The highest BCUT2D eigenvalue weighted by Crippen LogP contribution is 2.19. The number of amides is 1. The minimum atomic E-state index is -3.60. The summed E-state index contributed by atoms with van der Waals surface area (Å²) in [5.74, 6) is 0.403. The summed E-state index contributed by atoms with van der Waals surface area (Å²) in [6.45, 7) is 4.98. The number of benzene rings is 2. The first-order valence-electron chi connectivity index (χ1n) is 8.17. The normalized spacial score (nSPS) is 11.4. The molecule has 0 aliphatic heterocycles. The second kappa shape index (κ2) is 8.56. The lowest BCUT2D eigenvalue weighted by atomic mass is 10.1. The number of rotatable bonds is 7. The van der Waals surface area contributed by atoms with Crippen LogP contribution in [-0.2, 0) is 16.7 Å². The van der Waals surface area contributed by atoms with E-state index < -0.39 is 10.1 Å². The summed E-state index contributed by atoms with van der Waals surface area (Å²) in [4.78, 5) is 14.6. The van der Waals surface area contributed by atoms with Crippen LogP contribution in [0.25, 0.3) is 0 Å². The van der Waals surface area contributed by atoms with Crippen molar-refractivity contribution in [1.82, 2.24) is 4.90 Å². The topological polar surface area (TPSA) is 63.7 Å². The first-order chi connectivity index (χ1) is 12.1. The van der Waals surface area contributed by atoms with E-state index in [1.165, 1.54) is 0 Å². The minimum absolute atomic E-state index is 0.107. The van der Waals surface area contributed by atoms with Gasteiger partial charge in [-0.15, -0.1) is 0 Å². The Kier molecular flexibility index (Phi) is 6.67. The molecule has 0 aromatic heterocycles. The highest BCUT2D eigenvalue weighted by molar-refractivity contribution is 7.86. The highest BCUT2D eigenvalue weighted by Gasteiger charge is 2.18. The van der Waals surface area contributed by atoms with Crippen molar-refractivity contribution in [2.75, 3.05) is 12.8 Å². The number of carbonyl (C=O) groups excluding carboxylic acids is 1. The molecule has 5 nitrogen and oxygen atoms in total. The van der Waals surface area contributed by atoms with E-state index in [2.05, 4.69) is 0 Å². The zero-order valence-electron chi connectivity index (χ0n) is 15.0. The summed E-state index contributed by atoms with van der Waals surface area (Å²) in [6, 6.07) is 13.5. The lowest BCUT2D eigenvalue weighted by Crippen LogP contribution is -2.33. The van der Waals surface area contributed by atoms with Crippen LogP contribution in [0.1, 0.15) is 29.8 Å². The number of carbonyl (C=O) groups is 1. The molecule has 0 aliphatic rings. The van der Waals surface area contributed by atoms with Gasteiger partial charge in [0.15, 0.2) is 0 Å². The smallest absolute Gasteiger partial charge is 0.306 e. The van der Waals surface area contributed by atoms with Gasteiger partial charge in [-0.1, -0.05) is 37.6 Å². The maximum atomic E-state index is 12.9. The second-order valence-electron chi connectivity index (χ2n) is 6.52. The Labute approximate surface area is 159 Å². The molecule has 1 amide bonds. The molecule has 2 aromatic carbocycles. The molecule has 0 heterocycles. The molecule has 7 heteroatoms. The van der Waals surface area contributed by atoms with Crippen LogP contribution in [-0.4, -0.2) is 32.0 Å². The van der Waals surface area contributed by atoms with Gasteiger partial charge in [0.25, 0.3) is 5.91 Å². The average molecular weight is 396 g/mol. The van der Waals surface area contributed by atoms with Crippen molar-refractivity contribution in [3.8, 4) is 5.75 Å². The number of hydrogen-bond acceptors (Lipinski definition) is 4. The van der Waals surface area contributed by atoms with Crippen LogP contribution >= 0.6 is 11.6 Å². The van der Waals surface area contributed by atoms with Crippen LogP contribution < -0.4 is 4.18 Å². The van der Waals surface area contributed by atoms with E-state index in [0.717, 1.165) is 11.8 Å². The largest absolute Gasteiger partial charge is 0.383 e. The average Bonchev–Trinajstić information content (AvgIpc) is 2.52. The Balaban J connectivity index is 2.23. The Morgan fingerprint density at radius 1 is 1.15 bits per heavy atom. The molecular formula is C19H22ClNO4S. The zero-order chi connectivity index (χ0) is 19.3. The third-order valence-corrected chi connectivity index (χ3v) is 4.23. The fourth-order valence-corrected chi connectivity index (χ4v) is 3.11. The number of halogens is 1. The third-order valence-electron chi connectivity index (χ3n) is 3.48. The molecule has 0 aliphatic carbocycles. The van der Waals surface area contributed by atoms with Crippen molar-refractivity contribution in [3.63, 3.8) is 0 Å². The molecule has 0 N–H and O–H groups in total. The molecule has 140 valence electrons. The summed E-state index contributed by atoms with van der Waals surface area (Å²) in [5.41, 5.74) is 1.34. The van der Waals surface area contributed by atoms with E-state index in [9.17, 15) is 13.2 Å². The van der Waals surface area contributed by atoms with Crippen LogP contribution in [0.15, 0.2) is 48.5 Å². The quantitative estimate of drug-likeness (QED) is 0.665. The molecule has 0 unspecified atom stereocenters. The van der Waals surface area contributed by atoms with E-state index in [1.54, 1.807) is 47.4 Å². The predicted octanol–water partition coefficient (Wildman–Crippen LogP) is 3.98. The lowest BCUT2D eigenvalue weighted by molar-refractivity contribution is 0.0722. The first-order valence-corrected chi connectivity index (χ1v) is 10.4. The molecule has 0 saturated carbocycles. The van der Waals surface area contributed by atoms with E-state index in [4.69, 9.17) is 15.8 Å². The SMILES string of the molecule is CC(C)CN(Cc1cccc(OS(C)(=O)=O)c1)C(=O)c1ccc(Cl)cc1. The number of nitrogens with zero attached hydrogens (tertiary/aromatic N) is 1. The first kappa shape index (κ1) is 20.3. The highest BCUT2D eigenvalue weighted by atomic mass is 35.5. The Morgan fingerprint density at radius 3 is 2.38 bits per heavy atom. The molecule has 0 saturated heterocycles. The zero-order valence-corrected chi connectivity index (χ0v) is 16.5. The molecular weight excluding hydrogens is 374 g/mol. The second-order valence-corrected chi connectivity index (χ2v) is 8.53. The van der Waals surface area contributed by atoms with Crippen molar-refractivity contribution in [1.29, 1.82) is 0 Å². The maximum absolute atomic E-state index is 12.9. The van der Waals surface area contributed by atoms with Gasteiger partial charge in [0, 0.05) is 23.7 Å². The van der Waals surface area contributed by atoms with Gasteiger partial charge >= 0.3 is 10.1 Å². The molecule has 26 heavy (non-hydrogen) atoms. The standard InChI is InChI=1S/C19H22ClNO4S/c1-14(2)12-21(19(22)16-7-9-17(20)10-8-16)13-15-5-4-6-18(11-15)25-26(3,23)24/h4-11,14H,12-13H2,1-3H3. The van der Waals surface area contributed by atoms with Crippen molar-refractivity contribution in [2.45, 2.75) is 20.4 Å². The number of hydrogen-bond donors (Lipinski definition) is 0. The van der Waals surface area contributed by atoms with Crippen LogP contribution in [0, 0.1) is 5.92 Å². The Morgan fingerprint density at radius 2 is 1.81 bits per heavy atom. The molecule has 0 atom stereocenters. The Bertz CT molecular complexity index is 863. The van der Waals surface area contributed by atoms with E-state index >= 15 is 0 Å². The van der Waals surface area contributed by atoms with Gasteiger partial charge in [0.1, 0.15) is 5.75 Å². The van der Waals surface area contributed by atoms with E-state index in [-0.39, 0.29) is 17.6 Å². The van der Waals surface area contributed by atoms with Crippen LogP contribution in [0.4, 0.5) is 0 Å². The van der Waals surface area contributed by atoms with Crippen LogP contribution in [0.5, 0.6) is 5.75 Å². The molecule has 0 bridgehead atoms. The molecule has 0 radical (unpaired) electrons. The predicted molar refractivity (Wildman–Crippen MR) is 103 cm³/mol. The monoisotopic (exact) mass is 395 g/mol. The third kappa shape index (κ3) is 6.35. The van der Waals surface area contributed by atoms with Crippen molar-refractivity contribution < 1.29 is 17.4 Å². The molecule has 2 aromatic rings. The molecule has 2 rings (SSSR count). The summed E-state index contributed by atoms with van der Waals surface area (Å²) in [7, 11) is -3.60. The maximum Gasteiger partial charge on any atom is 0.306 e. The Hall–Kier alpha value is -2.05. The van der Waals surface area contributed by atoms with Crippen molar-refractivity contribution in [3.05, 3.63) is 64.7 Å². The van der Waals surface area contributed by atoms with Gasteiger partial charge in [-0.2, -0.15) is 8.42 Å². The van der Waals surface area contributed by atoms with Gasteiger partial charge in [0.2, 0.25) is 0 Å². The van der Waals surface area contributed by atoms with Crippen molar-refractivity contribution >= 4 is 27.6 Å². The van der Waals surface area contributed by atoms with E-state index in [1.807, 2.05) is 19.9 Å². The van der Waals surface area contributed by atoms with Crippen LogP contribution in [0.3, 0.4) is 0 Å². The summed E-state index contributed by atoms with van der Waals surface area (Å²) in [5, 5.41) is 0.572. The summed E-state index contributed by atoms with van der Waals surface area (Å²) in [6.07, 6.45) is 0.995.